The Labute approximate surface area is 579 Å². The average molecular weight is 1280 g/mol. The molecular weight excluding hydrogens is 1220 g/mol. The molecule has 0 saturated carbocycles. The van der Waals surface area contributed by atoms with Crippen LogP contribution in [0.4, 0.5) is 34.1 Å². The quantitative estimate of drug-likeness (QED) is 0.113. The number of hydrogen-bond acceptors (Lipinski definition) is 7. The summed E-state index contributed by atoms with van der Waals surface area (Å²) in [5.41, 5.74) is 27.2. The lowest BCUT2D eigenvalue weighted by Gasteiger charge is -2.45. The Hall–Kier alpha value is -13.4. The minimum absolute atomic E-state index is 0.0350. The molecule has 14 aromatic carbocycles. The van der Waals surface area contributed by atoms with Gasteiger partial charge < -0.3 is 14.4 Å². The molecule has 19 rings (SSSR count). The number of benzene rings is 14. The van der Waals surface area contributed by atoms with E-state index < -0.39 is 0 Å². The monoisotopic (exact) mass is 1270 g/mol. The topological polar surface area (TPSA) is 75.9 Å². The van der Waals surface area contributed by atoms with Gasteiger partial charge in [-0.25, -0.2) is 24.9 Å². The van der Waals surface area contributed by atoms with Crippen molar-refractivity contribution in [3.8, 4) is 107 Å². The Balaban J connectivity index is 0.826. The van der Waals surface area contributed by atoms with Crippen LogP contribution in [0, 0.1) is 0 Å². The lowest BCUT2D eigenvalue weighted by molar-refractivity contribution is 1.06. The van der Waals surface area contributed by atoms with Crippen molar-refractivity contribution in [2.75, 3.05) is 9.80 Å². The van der Waals surface area contributed by atoms with Crippen molar-refractivity contribution in [2.45, 2.75) is 0 Å². The summed E-state index contributed by atoms with van der Waals surface area (Å²) in [5.74, 6) is 2.22. The van der Waals surface area contributed by atoms with E-state index in [1.54, 1.807) is 0 Å². The second-order valence-electron chi connectivity index (χ2n) is 25.5. The number of aromatic nitrogens is 6. The molecule has 17 aromatic rings. The smallest absolute Gasteiger partial charge is 0.252 e. The minimum atomic E-state index is -0.0350. The SMILES string of the molecule is c1ccc(-c2ccc3c(c2)c2cc(-c4ccccc4)ccc2n3-c2ccc(-c3cc(-c4ccccc4)nc(-c4ccccc4)n3)cc2-c2nc(-c3ccccc3)nc(-c3ccc(-c4ccc5c6c4N(c4ccccc4)c4ccccc4B6c4ccccc4N5c4ccccc4)cc3)n2)cc1. The van der Waals surface area contributed by atoms with Gasteiger partial charge in [0.2, 0.25) is 0 Å². The van der Waals surface area contributed by atoms with Crippen molar-refractivity contribution < 1.29 is 0 Å². The molecule has 3 aromatic heterocycles. The lowest BCUT2D eigenvalue weighted by atomic mass is 9.33. The Morgan fingerprint density at radius 1 is 0.230 bits per heavy atom. The number of fused-ring (bicyclic) bond motifs is 7. The van der Waals surface area contributed by atoms with E-state index in [0.29, 0.717) is 23.3 Å². The molecule has 5 heterocycles. The second kappa shape index (κ2) is 24.4. The molecule has 2 aliphatic heterocycles. The van der Waals surface area contributed by atoms with Crippen molar-refractivity contribution in [1.29, 1.82) is 0 Å². The van der Waals surface area contributed by atoms with Crippen LogP contribution in [0.5, 0.6) is 0 Å². The molecule has 8 nitrogen and oxygen atoms in total. The van der Waals surface area contributed by atoms with Gasteiger partial charge >= 0.3 is 0 Å². The number of rotatable bonds is 12. The number of nitrogens with zero attached hydrogens (tertiary/aromatic N) is 8. The van der Waals surface area contributed by atoms with Crippen molar-refractivity contribution >= 4 is 79.0 Å². The van der Waals surface area contributed by atoms with Crippen LogP contribution >= 0.6 is 0 Å². The molecule has 466 valence electrons. The van der Waals surface area contributed by atoms with E-state index in [1.165, 1.54) is 22.1 Å². The fraction of sp³-hybridized carbons (Fsp3) is 0. The van der Waals surface area contributed by atoms with E-state index in [9.17, 15) is 0 Å². The fourth-order valence-corrected chi connectivity index (χ4v) is 15.0. The molecule has 0 spiro atoms. The molecule has 0 radical (unpaired) electrons. The van der Waals surface area contributed by atoms with Gasteiger partial charge in [0.05, 0.1) is 33.8 Å². The zero-order valence-electron chi connectivity index (χ0n) is 54.2. The summed E-state index contributed by atoms with van der Waals surface area (Å²) in [4.78, 5) is 32.2. The standard InChI is InChI=1S/C91H59BN8/c1-8-26-60(27-9-1)67-48-52-80-73(56-67)74-57-68(61-28-10-2-11-29-61)49-53-81(74)100(80)82-54-50-69(79-59-78(63-30-12-3-13-31-63)93-88(94-79)64-32-14-4-15-33-64)58-75(82)91-96-89(65-34-16-5-17-35-65)95-90(97-91)66-46-44-62(45-47-66)72-51-55-85-86-87(72)99(71-38-20-7-21-39-71)84-43-25-23-41-77(84)92(86)76-40-22-24-42-83(76)98(85)70-36-18-6-19-37-70/h1-59H. The molecule has 100 heavy (non-hydrogen) atoms. The highest BCUT2D eigenvalue weighted by atomic mass is 15.2. The normalized spacial score (nSPS) is 12.1. The molecule has 2 aliphatic rings. The summed E-state index contributed by atoms with van der Waals surface area (Å²) in [6.45, 7) is -0.0350. The third-order valence-corrected chi connectivity index (χ3v) is 19.7. The summed E-state index contributed by atoms with van der Waals surface area (Å²) < 4.78 is 2.39. The maximum absolute atomic E-state index is 5.67. The van der Waals surface area contributed by atoms with Gasteiger partial charge in [0.15, 0.2) is 23.3 Å². The third kappa shape index (κ3) is 10.1. The van der Waals surface area contributed by atoms with Gasteiger partial charge in [0.25, 0.3) is 6.71 Å². The molecule has 0 amide bonds. The highest BCUT2D eigenvalue weighted by molar-refractivity contribution is 7.00. The van der Waals surface area contributed by atoms with Crippen LogP contribution in [0.15, 0.2) is 358 Å². The van der Waals surface area contributed by atoms with E-state index in [0.717, 1.165) is 134 Å². The van der Waals surface area contributed by atoms with Crippen molar-refractivity contribution in [2.24, 2.45) is 0 Å². The molecular formula is C91H59BN8. The van der Waals surface area contributed by atoms with Crippen LogP contribution in [-0.4, -0.2) is 36.2 Å². The molecule has 0 aliphatic carbocycles. The van der Waals surface area contributed by atoms with Crippen LogP contribution in [0.2, 0.25) is 0 Å². The highest BCUT2D eigenvalue weighted by Crippen LogP contribution is 2.49. The molecule has 0 unspecified atom stereocenters. The number of hydrogen-bond donors (Lipinski definition) is 0. The van der Waals surface area contributed by atoms with Gasteiger partial charge in [-0.05, 0) is 129 Å². The maximum Gasteiger partial charge on any atom is 0.252 e. The zero-order chi connectivity index (χ0) is 66.0. The molecule has 0 fully saturated rings. The summed E-state index contributed by atoms with van der Waals surface area (Å²) in [5, 5.41) is 2.25. The van der Waals surface area contributed by atoms with Gasteiger partial charge in [0.1, 0.15) is 0 Å². The van der Waals surface area contributed by atoms with Crippen LogP contribution < -0.4 is 26.2 Å². The summed E-state index contributed by atoms with van der Waals surface area (Å²) in [7, 11) is 0. The predicted molar refractivity (Wildman–Crippen MR) is 413 cm³/mol. The first-order valence-corrected chi connectivity index (χ1v) is 33.9. The molecule has 0 atom stereocenters. The van der Waals surface area contributed by atoms with Crippen molar-refractivity contribution in [3.05, 3.63) is 358 Å². The Morgan fingerprint density at radius 2 is 0.620 bits per heavy atom. The summed E-state index contributed by atoms with van der Waals surface area (Å²) >= 11 is 0. The van der Waals surface area contributed by atoms with Crippen molar-refractivity contribution in [3.63, 3.8) is 0 Å². The van der Waals surface area contributed by atoms with Crippen molar-refractivity contribution in [1.82, 2.24) is 29.5 Å². The van der Waals surface area contributed by atoms with Gasteiger partial charge in [-0.3, -0.25) is 0 Å². The first kappa shape index (κ1) is 58.0. The highest BCUT2D eigenvalue weighted by Gasteiger charge is 2.44. The van der Waals surface area contributed by atoms with Gasteiger partial charge in [-0.1, -0.05) is 273 Å². The van der Waals surface area contributed by atoms with Gasteiger partial charge in [0, 0.05) is 78.2 Å². The van der Waals surface area contributed by atoms with E-state index in [-0.39, 0.29) is 6.71 Å². The molecule has 9 heteroatoms. The van der Waals surface area contributed by atoms with E-state index in [4.69, 9.17) is 24.9 Å². The Bertz CT molecular complexity index is 5790. The largest absolute Gasteiger partial charge is 0.311 e. The molecule has 0 bridgehead atoms. The second-order valence-corrected chi connectivity index (χ2v) is 25.5. The third-order valence-electron chi connectivity index (χ3n) is 19.7. The van der Waals surface area contributed by atoms with E-state index in [2.05, 4.69) is 330 Å². The average Bonchev–Trinajstić information content (AvgIpc) is 1.17. The number of para-hydroxylation sites is 4. The fourth-order valence-electron chi connectivity index (χ4n) is 15.0. The van der Waals surface area contributed by atoms with E-state index >= 15 is 0 Å². The first-order chi connectivity index (χ1) is 49.6. The minimum Gasteiger partial charge on any atom is -0.311 e. The Kier molecular flexibility index (Phi) is 14.1. The Morgan fingerprint density at radius 3 is 1.16 bits per heavy atom. The summed E-state index contributed by atoms with van der Waals surface area (Å²) in [6.07, 6.45) is 0. The van der Waals surface area contributed by atoms with E-state index in [1.807, 2.05) is 42.5 Å². The first-order valence-electron chi connectivity index (χ1n) is 33.9. The van der Waals surface area contributed by atoms with Crippen LogP contribution in [-0.2, 0) is 0 Å². The van der Waals surface area contributed by atoms with Crippen LogP contribution in [0.25, 0.3) is 129 Å². The zero-order valence-corrected chi connectivity index (χ0v) is 54.2. The summed E-state index contributed by atoms with van der Waals surface area (Å²) in [6, 6.07) is 127. The number of anilines is 6. The van der Waals surface area contributed by atoms with Gasteiger partial charge in [-0.15, -0.1) is 0 Å². The van der Waals surface area contributed by atoms with Gasteiger partial charge in [-0.2, -0.15) is 0 Å². The molecule has 0 N–H and O–H groups in total. The lowest BCUT2D eigenvalue weighted by Crippen LogP contribution is -2.61. The maximum atomic E-state index is 5.67. The molecule has 0 saturated heterocycles. The van der Waals surface area contributed by atoms with Crippen LogP contribution in [0.3, 0.4) is 0 Å². The predicted octanol–water partition coefficient (Wildman–Crippen LogP) is 20.8. The van der Waals surface area contributed by atoms with Crippen LogP contribution in [0.1, 0.15) is 0 Å².